The molecule has 1 unspecified atom stereocenters. The first-order chi connectivity index (χ1) is 21.4. The SMILES string of the molecule is Cn1c(=O)c2c(ncn2CC(=O)Nc2nc(N=Cc3c(Cl)cccc3Cl)nc(N=CC(O)c3cc(O)cc(O)c3)n2)n(C)c1=O. The van der Waals surface area contributed by atoms with E-state index < -0.39 is 29.8 Å². The Morgan fingerprint density at radius 1 is 1.00 bits per heavy atom. The van der Waals surface area contributed by atoms with E-state index in [1.165, 1.54) is 47.9 Å². The maximum absolute atomic E-state index is 13.0. The third-order valence-corrected chi connectivity index (χ3v) is 6.96. The fraction of sp³-hybridized carbons (Fsp3) is 0.148. The number of carbonyl (C=O) groups excluding carboxylic acids is 1. The number of halogens is 2. The molecule has 0 radical (unpaired) electrons. The number of nitrogens with one attached hydrogen (secondary N) is 1. The fourth-order valence-electron chi connectivity index (χ4n) is 4.13. The predicted molar refractivity (Wildman–Crippen MR) is 165 cm³/mol. The van der Waals surface area contributed by atoms with Crippen molar-refractivity contribution in [3.8, 4) is 11.5 Å². The van der Waals surface area contributed by atoms with Crippen molar-refractivity contribution < 1.29 is 20.1 Å². The van der Waals surface area contributed by atoms with E-state index in [0.717, 1.165) is 16.8 Å². The van der Waals surface area contributed by atoms with Crippen molar-refractivity contribution in [2.75, 3.05) is 5.32 Å². The molecule has 3 heterocycles. The fourth-order valence-corrected chi connectivity index (χ4v) is 4.62. The molecule has 230 valence electrons. The summed E-state index contributed by atoms with van der Waals surface area (Å²) in [4.78, 5) is 62.7. The van der Waals surface area contributed by atoms with Crippen LogP contribution in [0, 0.1) is 0 Å². The third kappa shape index (κ3) is 6.72. The summed E-state index contributed by atoms with van der Waals surface area (Å²) in [5.41, 5.74) is -0.576. The molecule has 5 aromatic rings. The summed E-state index contributed by atoms with van der Waals surface area (Å²) >= 11 is 12.4. The zero-order valence-electron chi connectivity index (χ0n) is 23.3. The van der Waals surface area contributed by atoms with Crippen molar-refractivity contribution in [1.29, 1.82) is 0 Å². The zero-order chi connectivity index (χ0) is 32.4. The smallest absolute Gasteiger partial charge is 0.332 e. The molecule has 4 N–H and O–H groups in total. The Hall–Kier alpha value is -5.45. The Kier molecular flexibility index (Phi) is 8.71. The summed E-state index contributed by atoms with van der Waals surface area (Å²) in [6.07, 6.45) is 2.20. The van der Waals surface area contributed by atoms with E-state index in [2.05, 4.69) is 35.2 Å². The number of phenols is 2. The number of fused-ring (bicyclic) bond motifs is 1. The van der Waals surface area contributed by atoms with E-state index in [1.54, 1.807) is 18.2 Å². The average Bonchev–Trinajstić information content (AvgIpc) is 3.40. The van der Waals surface area contributed by atoms with Gasteiger partial charge in [-0.25, -0.2) is 19.8 Å². The van der Waals surface area contributed by atoms with Crippen LogP contribution in [0.3, 0.4) is 0 Å². The van der Waals surface area contributed by atoms with Gasteiger partial charge in [-0.2, -0.15) is 15.0 Å². The summed E-state index contributed by atoms with van der Waals surface area (Å²) in [7, 11) is 2.76. The molecule has 0 aliphatic carbocycles. The van der Waals surface area contributed by atoms with Crippen molar-refractivity contribution in [2.45, 2.75) is 12.6 Å². The van der Waals surface area contributed by atoms with Crippen LogP contribution < -0.4 is 16.6 Å². The van der Waals surface area contributed by atoms with Crippen molar-refractivity contribution in [2.24, 2.45) is 24.1 Å². The van der Waals surface area contributed by atoms with Gasteiger partial charge in [0.05, 0.1) is 16.4 Å². The number of rotatable bonds is 8. The number of anilines is 1. The minimum Gasteiger partial charge on any atom is -0.508 e. The number of aromatic hydroxyl groups is 2. The first kappa shape index (κ1) is 31.0. The molecule has 0 aliphatic rings. The molecule has 3 aromatic heterocycles. The summed E-state index contributed by atoms with van der Waals surface area (Å²) < 4.78 is 3.35. The van der Waals surface area contributed by atoms with Crippen molar-refractivity contribution >= 4 is 70.5 Å². The van der Waals surface area contributed by atoms with Gasteiger partial charge in [0.1, 0.15) is 24.1 Å². The number of aryl methyl sites for hydroxylation is 1. The highest BCUT2D eigenvalue weighted by Gasteiger charge is 2.17. The highest BCUT2D eigenvalue weighted by atomic mass is 35.5. The number of carbonyl (C=O) groups is 1. The van der Waals surface area contributed by atoms with Gasteiger partial charge >= 0.3 is 5.69 Å². The Morgan fingerprint density at radius 3 is 2.31 bits per heavy atom. The van der Waals surface area contributed by atoms with Gasteiger partial charge in [-0.15, -0.1) is 0 Å². The van der Waals surface area contributed by atoms with Crippen LogP contribution in [0.15, 0.2) is 62.3 Å². The molecule has 0 saturated heterocycles. The van der Waals surface area contributed by atoms with Gasteiger partial charge < -0.3 is 19.9 Å². The number of phenolic OH excluding ortho intramolecular Hbond substituents is 2. The standard InChI is InChI=1S/C27H22Cl2N10O6/c1-37-22-21(23(44)38(2)27(37)45)39(12-32-22)11-20(43)33-26-35-24(30-9-16-17(28)4-3-5-18(16)29)34-25(36-26)31-10-19(42)13-6-14(40)8-15(41)7-13/h3-10,12,19,40-42H,11H2,1-2H3,(H,33,34,35,36,43). The topological polar surface area (TPSA) is 215 Å². The summed E-state index contributed by atoms with van der Waals surface area (Å²) in [5, 5.41) is 33.0. The number of amides is 1. The van der Waals surface area contributed by atoms with Crippen LogP contribution >= 0.6 is 23.2 Å². The molecule has 5 rings (SSSR count). The minimum atomic E-state index is -1.39. The van der Waals surface area contributed by atoms with Crippen LogP contribution in [0.2, 0.25) is 10.0 Å². The van der Waals surface area contributed by atoms with Crippen LogP contribution in [0.25, 0.3) is 11.2 Å². The number of imidazole rings is 1. The van der Waals surface area contributed by atoms with E-state index in [0.29, 0.717) is 15.6 Å². The van der Waals surface area contributed by atoms with Crippen LogP contribution in [-0.4, -0.2) is 67.3 Å². The molecule has 18 heteroatoms. The van der Waals surface area contributed by atoms with Crippen LogP contribution in [-0.2, 0) is 25.4 Å². The summed E-state index contributed by atoms with van der Waals surface area (Å²) in [6.45, 7) is -0.401. The minimum absolute atomic E-state index is 0.0320. The molecule has 45 heavy (non-hydrogen) atoms. The lowest BCUT2D eigenvalue weighted by molar-refractivity contribution is -0.116. The molecule has 16 nitrogen and oxygen atoms in total. The maximum Gasteiger partial charge on any atom is 0.332 e. The Bertz CT molecular complexity index is 2100. The quantitative estimate of drug-likeness (QED) is 0.179. The van der Waals surface area contributed by atoms with E-state index in [4.69, 9.17) is 23.2 Å². The van der Waals surface area contributed by atoms with Gasteiger partial charge in [0.25, 0.3) is 17.5 Å². The molecular weight excluding hydrogens is 631 g/mol. The number of aromatic nitrogens is 7. The Balaban J connectivity index is 1.47. The summed E-state index contributed by atoms with van der Waals surface area (Å²) in [6, 6.07) is 8.41. The first-order valence-electron chi connectivity index (χ1n) is 12.8. The number of aliphatic hydroxyl groups excluding tert-OH is 1. The number of hydrogen-bond acceptors (Lipinski definition) is 12. The zero-order valence-corrected chi connectivity index (χ0v) is 24.8. The van der Waals surface area contributed by atoms with Gasteiger partial charge in [-0.1, -0.05) is 29.3 Å². The third-order valence-electron chi connectivity index (χ3n) is 6.30. The van der Waals surface area contributed by atoms with E-state index >= 15 is 0 Å². The largest absolute Gasteiger partial charge is 0.508 e. The molecule has 0 spiro atoms. The van der Waals surface area contributed by atoms with Gasteiger partial charge in [-0.3, -0.25) is 24.0 Å². The average molecular weight is 653 g/mol. The number of benzene rings is 2. The Morgan fingerprint density at radius 2 is 1.64 bits per heavy atom. The molecule has 1 amide bonds. The lowest BCUT2D eigenvalue weighted by Gasteiger charge is -2.08. The van der Waals surface area contributed by atoms with Crippen molar-refractivity contribution in [3.63, 3.8) is 0 Å². The second-order valence-corrected chi connectivity index (χ2v) is 10.3. The monoisotopic (exact) mass is 652 g/mol. The van der Waals surface area contributed by atoms with Gasteiger partial charge in [0, 0.05) is 38.2 Å². The van der Waals surface area contributed by atoms with Crippen molar-refractivity contribution in [1.82, 2.24) is 33.6 Å². The van der Waals surface area contributed by atoms with E-state index in [9.17, 15) is 29.7 Å². The highest BCUT2D eigenvalue weighted by Crippen LogP contribution is 2.25. The summed E-state index contributed by atoms with van der Waals surface area (Å²) in [5.74, 6) is -2.01. The molecule has 0 fully saturated rings. The van der Waals surface area contributed by atoms with Crippen LogP contribution in [0.4, 0.5) is 17.8 Å². The number of aliphatic hydroxyl groups is 1. The highest BCUT2D eigenvalue weighted by molar-refractivity contribution is 6.38. The maximum atomic E-state index is 13.0. The molecule has 2 aromatic carbocycles. The number of aliphatic imine (C=N–C) groups is 2. The van der Waals surface area contributed by atoms with E-state index in [1.807, 2.05) is 0 Å². The van der Waals surface area contributed by atoms with E-state index in [-0.39, 0.29) is 46.1 Å². The second kappa shape index (κ2) is 12.7. The lowest BCUT2D eigenvalue weighted by atomic mass is 10.1. The molecule has 0 saturated carbocycles. The lowest BCUT2D eigenvalue weighted by Crippen LogP contribution is -2.37. The first-order valence-corrected chi connectivity index (χ1v) is 13.6. The molecule has 0 bridgehead atoms. The normalized spacial score (nSPS) is 12.4. The molecule has 1 atom stereocenters. The predicted octanol–water partition coefficient (Wildman–Crippen LogP) is 2.16. The molecular formula is C27H22Cl2N10O6. The van der Waals surface area contributed by atoms with Crippen LogP contribution in [0.1, 0.15) is 17.2 Å². The Labute approximate surface area is 262 Å². The van der Waals surface area contributed by atoms with Gasteiger partial charge in [0.2, 0.25) is 11.9 Å². The van der Waals surface area contributed by atoms with Crippen LogP contribution in [0.5, 0.6) is 11.5 Å². The van der Waals surface area contributed by atoms with Gasteiger partial charge in [-0.05, 0) is 29.8 Å². The second-order valence-electron chi connectivity index (χ2n) is 9.46. The van der Waals surface area contributed by atoms with Crippen molar-refractivity contribution in [3.05, 3.63) is 84.7 Å². The number of nitrogens with zero attached hydrogens (tertiary/aromatic N) is 9. The number of hydrogen-bond donors (Lipinski definition) is 4. The molecule has 0 aliphatic heterocycles. The van der Waals surface area contributed by atoms with Gasteiger partial charge in [0.15, 0.2) is 11.2 Å².